The Morgan fingerprint density at radius 2 is 0.481 bits per heavy atom. The summed E-state index contributed by atoms with van der Waals surface area (Å²) in [6.45, 7) is 6.57. The molecule has 0 aromatic rings. The minimum absolute atomic E-state index is 0.0827. The maximum absolute atomic E-state index is 12.9. The van der Waals surface area contributed by atoms with Gasteiger partial charge in [-0.05, 0) is 64.2 Å². The van der Waals surface area contributed by atoms with Crippen LogP contribution in [0.2, 0.25) is 0 Å². The highest BCUT2D eigenvalue weighted by Gasteiger charge is 2.19. The molecule has 0 aliphatic rings. The summed E-state index contributed by atoms with van der Waals surface area (Å²) in [6.07, 6.45) is 89.7. The van der Waals surface area contributed by atoms with Gasteiger partial charge >= 0.3 is 17.9 Å². The van der Waals surface area contributed by atoms with Crippen LogP contribution in [0.3, 0.4) is 0 Å². The minimum atomic E-state index is -0.791. The molecule has 0 spiro atoms. The number of carbonyl (C=O) groups is 3. The molecule has 81 heavy (non-hydrogen) atoms. The zero-order chi connectivity index (χ0) is 58.5. The summed E-state index contributed by atoms with van der Waals surface area (Å²) in [5, 5.41) is 0. The van der Waals surface area contributed by atoms with Crippen molar-refractivity contribution in [2.45, 2.75) is 386 Å². The Bertz CT molecular complexity index is 1440. The van der Waals surface area contributed by atoms with E-state index in [1.165, 1.54) is 244 Å². The molecule has 0 fully saturated rings. The Hall–Kier alpha value is -2.89. The summed E-state index contributed by atoms with van der Waals surface area (Å²) in [5.74, 6) is -0.888. The number of ether oxygens (including phenoxy) is 3. The first kappa shape index (κ1) is 78.1. The maximum atomic E-state index is 12.9. The minimum Gasteiger partial charge on any atom is -0.462 e. The molecule has 0 amide bonds. The van der Waals surface area contributed by atoms with Crippen LogP contribution in [0.15, 0.2) is 60.8 Å². The zero-order valence-corrected chi connectivity index (χ0v) is 54.3. The van der Waals surface area contributed by atoms with Crippen molar-refractivity contribution in [2.75, 3.05) is 13.2 Å². The molecule has 0 N–H and O–H groups in total. The molecule has 6 nitrogen and oxygen atoms in total. The van der Waals surface area contributed by atoms with Gasteiger partial charge in [0.15, 0.2) is 6.10 Å². The third kappa shape index (κ3) is 67.8. The lowest BCUT2D eigenvalue weighted by Crippen LogP contribution is -2.30. The Kier molecular flexibility index (Phi) is 67.1. The first-order chi connectivity index (χ1) is 40.0. The highest BCUT2D eigenvalue weighted by Crippen LogP contribution is 2.19. The number of hydrogen-bond acceptors (Lipinski definition) is 6. The van der Waals surface area contributed by atoms with E-state index in [2.05, 4.69) is 81.5 Å². The van der Waals surface area contributed by atoms with Gasteiger partial charge in [-0.3, -0.25) is 14.4 Å². The van der Waals surface area contributed by atoms with Crippen molar-refractivity contribution in [3.63, 3.8) is 0 Å². The highest BCUT2D eigenvalue weighted by molar-refractivity contribution is 5.71. The number of unbranched alkanes of at least 4 members (excludes halogenated alkanes) is 45. The smallest absolute Gasteiger partial charge is 0.306 e. The van der Waals surface area contributed by atoms with E-state index < -0.39 is 6.10 Å². The van der Waals surface area contributed by atoms with E-state index in [0.29, 0.717) is 19.3 Å². The van der Waals surface area contributed by atoms with Crippen molar-refractivity contribution in [1.29, 1.82) is 0 Å². The van der Waals surface area contributed by atoms with Gasteiger partial charge in [0.2, 0.25) is 0 Å². The summed E-state index contributed by atoms with van der Waals surface area (Å²) in [7, 11) is 0. The normalized spacial score (nSPS) is 12.4. The van der Waals surface area contributed by atoms with Gasteiger partial charge < -0.3 is 14.2 Å². The van der Waals surface area contributed by atoms with Crippen LogP contribution in [0, 0.1) is 0 Å². The predicted octanol–water partition coefficient (Wildman–Crippen LogP) is 24.7. The van der Waals surface area contributed by atoms with Crippen LogP contribution in [0.4, 0.5) is 0 Å². The van der Waals surface area contributed by atoms with Gasteiger partial charge in [0, 0.05) is 19.3 Å². The fourth-order valence-electron chi connectivity index (χ4n) is 10.7. The molecule has 0 aromatic heterocycles. The summed E-state index contributed by atoms with van der Waals surface area (Å²) < 4.78 is 17.0. The number of rotatable bonds is 66. The summed E-state index contributed by atoms with van der Waals surface area (Å²) in [4.78, 5) is 38.5. The molecule has 0 radical (unpaired) electrons. The average molecular weight is 1130 g/mol. The van der Waals surface area contributed by atoms with E-state index in [0.717, 1.165) is 96.3 Å². The van der Waals surface area contributed by atoms with Gasteiger partial charge in [0.25, 0.3) is 0 Å². The topological polar surface area (TPSA) is 78.9 Å². The fraction of sp³-hybridized carbons (Fsp3) is 0.827. The Morgan fingerprint density at radius 1 is 0.259 bits per heavy atom. The molecule has 0 bridgehead atoms. The van der Waals surface area contributed by atoms with Gasteiger partial charge in [-0.25, -0.2) is 0 Å². The lowest BCUT2D eigenvalue weighted by Gasteiger charge is -2.18. The molecule has 0 aliphatic carbocycles. The maximum Gasteiger partial charge on any atom is 0.306 e. The molecule has 472 valence electrons. The van der Waals surface area contributed by atoms with Crippen LogP contribution in [-0.2, 0) is 28.6 Å². The van der Waals surface area contributed by atoms with Gasteiger partial charge in [0.1, 0.15) is 13.2 Å². The van der Waals surface area contributed by atoms with E-state index >= 15 is 0 Å². The van der Waals surface area contributed by atoms with E-state index in [4.69, 9.17) is 14.2 Å². The molecule has 0 aliphatic heterocycles. The molecular weight excluding hydrogens is 997 g/mol. The molecule has 1 unspecified atom stereocenters. The molecule has 0 saturated heterocycles. The van der Waals surface area contributed by atoms with Gasteiger partial charge in [0.05, 0.1) is 0 Å². The summed E-state index contributed by atoms with van der Waals surface area (Å²) in [5.41, 5.74) is 0. The molecule has 0 rings (SSSR count). The monoisotopic (exact) mass is 1130 g/mol. The Labute approximate surface area is 504 Å². The molecule has 0 saturated carbocycles. The first-order valence-electron chi connectivity index (χ1n) is 35.8. The highest BCUT2D eigenvalue weighted by atomic mass is 16.6. The number of esters is 3. The third-order valence-corrected chi connectivity index (χ3v) is 16.0. The number of allylic oxidation sites excluding steroid dienone is 10. The zero-order valence-electron chi connectivity index (χ0n) is 54.3. The lowest BCUT2D eigenvalue weighted by molar-refractivity contribution is -0.167. The van der Waals surface area contributed by atoms with Crippen molar-refractivity contribution in [2.24, 2.45) is 0 Å². The van der Waals surface area contributed by atoms with Crippen molar-refractivity contribution < 1.29 is 28.6 Å². The fourth-order valence-corrected chi connectivity index (χ4v) is 10.7. The Balaban J connectivity index is 4.32. The standard InChI is InChI=1S/C75H136O6/c1-4-7-10-13-16-19-22-25-28-31-34-35-36-37-38-39-40-42-44-47-50-53-56-59-62-65-68-74(77)80-71-72(70-79-73(76)67-64-61-58-55-52-49-46-43-33-30-27-24-21-18-15-12-9-6-3)81-75(78)69-66-63-60-57-54-51-48-45-41-32-29-26-23-20-17-14-11-8-5-2/h8,11,17,20,26,29,41,45,51,54,72H,4-7,9-10,12-16,18-19,21-25,27-28,30-40,42-44,46-50,52-53,55-71H2,1-3H3/b11-8-,20-17-,29-26-,45-41-,54-51-. The van der Waals surface area contributed by atoms with Crippen LogP contribution in [0.5, 0.6) is 0 Å². The van der Waals surface area contributed by atoms with Gasteiger partial charge in [-0.15, -0.1) is 0 Å². The third-order valence-electron chi connectivity index (χ3n) is 16.0. The second-order valence-electron chi connectivity index (χ2n) is 24.1. The number of carbonyl (C=O) groups excluding carboxylic acids is 3. The van der Waals surface area contributed by atoms with Crippen LogP contribution in [0.25, 0.3) is 0 Å². The molecule has 1 atom stereocenters. The molecule has 0 heterocycles. The molecule has 0 aromatic carbocycles. The van der Waals surface area contributed by atoms with Crippen LogP contribution in [0.1, 0.15) is 380 Å². The van der Waals surface area contributed by atoms with E-state index in [-0.39, 0.29) is 31.1 Å². The SMILES string of the molecule is CC/C=C\C/C=C\C/C=C\C/C=C\C/C=C\CCCCCC(=O)OC(COC(=O)CCCCCCCCCCCCCCCCCCCC)COC(=O)CCCCCCCCCCCCCCCCCCCCCCCCCCCC. The summed E-state index contributed by atoms with van der Waals surface area (Å²) >= 11 is 0. The largest absolute Gasteiger partial charge is 0.462 e. The quantitative estimate of drug-likeness (QED) is 0.0261. The van der Waals surface area contributed by atoms with E-state index in [9.17, 15) is 14.4 Å². The van der Waals surface area contributed by atoms with Crippen LogP contribution >= 0.6 is 0 Å². The first-order valence-corrected chi connectivity index (χ1v) is 35.8. The van der Waals surface area contributed by atoms with Crippen molar-refractivity contribution in [3.05, 3.63) is 60.8 Å². The van der Waals surface area contributed by atoms with Crippen molar-refractivity contribution in [3.8, 4) is 0 Å². The van der Waals surface area contributed by atoms with Gasteiger partial charge in [-0.2, -0.15) is 0 Å². The number of hydrogen-bond donors (Lipinski definition) is 0. The second kappa shape index (κ2) is 69.6. The second-order valence-corrected chi connectivity index (χ2v) is 24.1. The average Bonchev–Trinajstić information content (AvgIpc) is 3.47. The van der Waals surface area contributed by atoms with E-state index in [1.54, 1.807) is 0 Å². The summed E-state index contributed by atoms with van der Waals surface area (Å²) in [6, 6.07) is 0. The predicted molar refractivity (Wildman–Crippen MR) is 353 cm³/mol. The molecular formula is C75H136O6. The lowest BCUT2D eigenvalue weighted by atomic mass is 10.0. The van der Waals surface area contributed by atoms with Crippen molar-refractivity contribution in [1.82, 2.24) is 0 Å². The van der Waals surface area contributed by atoms with E-state index in [1.807, 2.05) is 0 Å². The van der Waals surface area contributed by atoms with Crippen LogP contribution in [-0.4, -0.2) is 37.2 Å². The van der Waals surface area contributed by atoms with Gasteiger partial charge in [-0.1, -0.05) is 358 Å². The van der Waals surface area contributed by atoms with Crippen LogP contribution < -0.4 is 0 Å². The Morgan fingerprint density at radius 3 is 0.753 bits per heavy atom. The van der Waals surface area contributed by atoms with Crippen molar-refractivity contribution >= 4 is 17.9 Å². The molecule has 6 heteroatoms.